The number of H-pyrrole nitrogens is 7. The van der Waals surface area contributed by atoms with Gasteiger partial charge in [-0.25, -0.2) is 51.1 Å². The molecule has 0 amide bonds. The maximum Gasteiger partial charge on any atom is 0.328 e. The summed E-state index contributed by atoms with van der Waals surface area (Å²) in [5.74, 6) is -3.54. The molecule has 14 aromatic rings. The molecule has 28 nitrogen and oxygen atoms in total. The normalized spacial score (nSPS) is 10.5. The fourth-order valence-electron chi connectivity index (χ4n) is 10.7. The smallest absolute Gasteiger partial charge is 0.296 e. The quantitative estimate of drug-likeness (QED) is 0.0501. The van der Waals surface area contributed by atoms with Gasteiger partial charge in [0.2, 0.25) is 5.82 Å². The van der Waals surface area contributed by atoms with Crippen LogP contribution in [0.4, 0.5) is 22.0 Å². The molecule has 0 radical (unpaired) electrons. The highest BCUT2D eigenvalue weighted by molar-refractivity contribution is 9.10. The van der Waals surface area contributed by atoms with Crippen molar-refractivity contribution in [2.45, 2.75) is 87.4 Å². The van der Waals surface area contributed by atoms with Gasteiger partial charge in [0.05, 0.1) is 52.0 Å². The van der Waals surface area contributed by atoms with Crippen molar-refractivity contribution in [3.63, 3.8) is 0 Å². The Bertz CT molecular complexity index is 6460. The standard InChI is InChI=1S/C12H11BrN2O2.2C12H11ClN2O2.C12H10F2N2O2.2C12H11FN2O2.C11H9FN2O2/c2*1-8-6-15(12(17)14-11(8)16)7-9-2-4-10(13)5-3-9;1-8-6-15(12(17)14-11(8)16)7-9-3-2-4-10(13)5-9;1-7-5-16(12(18)15-11(7)17)6-8-2-3-9(13)10(14)4-8;1-8-6-15(12(17)14-11(8)16)7-9-2-4-10(13)5-3-9;1-8-6-15(12(17)14-11(8)16)7-9-3-2-4-10(13)5-9;12-9-7-14(11(16)13-10(9)15)6-8-4-2-1-3-5-8/h3*2-6H,7H2,1H3,(H,14,16,17);2-5H,6H2,1H3,(H,15,17,18);2*2-6H,7H2,1H3,(H,14,16,17);1-5,7H,6H2,(H,13,15,16). The third-order valence-corrected chi connectivity index (χ3v) is 17.9. The molecule has 0 aliphatic rings. The first-order chi connectivity index (χ1) is 56.4. The van der Waals surface area contributed by atoms with Crippen LogP contribution >= 0.6 is 39.1 Å². The second-order valence-electron chi connectivity index (χ2n) is 26.4. The lowest BCUT2D eigenvalue weighted by Crippen LogP contribution is -2.31. The van der Waals surface area contributed by atoms with Crippen LogP contribution in [0.25, 0.3) is 0 Å². The number of benzene rings is 7. The van der Waals surface area contributed by atoms with E-state index in [9.17, 15) is 89.1 Å². The van der Waals surface area contributed by atoms with Gasteiger partial charge in [0.15, 0.2) is 11.6 Å². The lowest BCUT2D eigenvalue weighted by molar-refractivity contribution is 0.506. The van der Waals surface area contributed by atoms with Gasteiger partial charge < -0.3 is 0 Å². The van der Waals surface area contributed by atoms with E-state index in [1.807, 2.05) is 83.8 Å². The predicted octanol–water partition coefficient (Wildman–Crippen LogP) is 8.71. The first-order valence-electron chi connectivity index (χ1n) is 35.5. The molecule has 119 heavy (non-hydrogen) atoms. The topological polar surface area (TPSA) is 384 Å². The van der Waals surface area contributed by atoms with E-state index in [4.69, 9.17) is 23.2 Å². The van der Waals surface area contributed by atoms with Gasteiger partial charge in [-0.3, -0.25) is 100 Å². The average molecular weight is 1740 g/mol. The van der Waals surface area contributed by atoms with Crippen LogP contribution < -0.4 is 78.7 Å². The highest BCUT2D eigenvalue weighted by atomic mass is 79.9. The highest BCUT2D eigenvalue weighted by Gasteiger charge is 2.11. The Morgan fingerprint density at radius 1 is 0.252 bits per heavy atom. The van der Waals surface area contributed by atoms with Gasteiger partial charge in [-0.2, -0.15) is 4.39 Å². The fraction of sp³-hybridized carbons (Fsp3) is 0.157. The maximum absolute atomic E-state index is 13.0. The summed E-state index contributed by atoms with van der Waals surface area (Å²) in [5.41, 5.74) is 1.80. The summed E-state index contributed by atoms with van der Waals surface area (Å²) in [5, 5.41) is 1.27. The van der Waals surface area contributed by atoms with Crippen molar-refractivity contribution in [3.8, 4) is 0 Å². The zero-order chi connectivity index (χ0) is 86.9. The van der Waals surface area contributed by atoms with Crippen LogP contribution in [0.15, 0.2) is 285 Å². The lowest BCUT2D eigenvalue weighted by Gasteiger charge is -2.06. The SMILES string of the molecule is Cc1cn(Cc2ccc(Br)cc2)c(=O)[nH]c1=O.Cc1cn(Cc2ccc(Cl)cc2)c(=O)[nH]c1=O.Cc1cn(Cc2ccc(F)c(F)c2)c(=O)[nH]c1=O.Cc1cn(Cc2ccc(F)cc2)c(=O)[nH]c1=O.Cc1cn(Cc2cccc(Cl)c2)c(=O)[nH]c1=O.Cc1cn(Cc2cccc(F)c2)c(=O)[nH]c1=O.O=c1[nH]c(=O)n(Cc2ccccc2)cc1F. The number of rotatable bonds is 14. The number of aromatic nitrogens is 14. The third-order valence-electron chi connectivity index (χ3n) is 16.9. The first kappa shape index (κ1) is 90.5. The zero-order valence-corrected chi connectivity index (χ0v) is 67.1. The summed E-state index contributed by atoms with van der Waals surface area (Å²) < 4.78 is 74.8. The van der Waals surface area contributed by atoms with Crippen molar-refractivity contribution in [1.29, 1.82) is 0 Å². The molecule has 0 saturated heterocycles. The van der Waals surface area contributed by atoms with Crippen molar-refractivity contribution in [2.75, 3.05) is 0 Å². The summed E-state index contributed by atoms with van der Waals surface area (Å²) in [6.45, 7) is 11.9. The second kappa shape index (κ2) is 42.6. The summed E-state index contributed by atoms with van der Waals surface area (Å²) in [6.07, 6.45) is 9.91. The minimum absolute atomic E-state index is 0.0631. The molecule has 7 heterocycles. The summed E-state index contributed by atoms with van der Waals surface area (Å²) in [4.78, 5) is 174. The molecule has 0 aliphatic carbocycles. The molecule has 616 valence electrons. The van der Waals surface area contributed by atoms with Crippen molar-refractivity contribution in [1.82, 2.24) is 66.9 Å². The fourth-order valence-corrected chi connectivity index (χ4v) is 11.3. The van der Waals surface area contributed by atoms with Crippen LogP contribution in [0, 0.1) is 70.6 Å². The van der Waals surface area contributed by atoms with E-state index in [-0.39, 0.29) is 59.2 Å². The number of hydrogen-bond donors (Lipinski definition) is 7. The number of aromatic amines is 7. The Labute approximate surface area is 686 Å². The Balaban J connectivity index is 0.000000173. The van der Waals surface area contributed by atoms with Gasteiger partial charge in [-0.15, -0.1) is 0 Å². The van der Waals surface area contributed by atoms with Crippen molar-refractivity contribution >= 4 is 39.1 Å². The average Bonchev–Trinajstić information content (AvgIpc) is 0.820. The van der Waals surface area contributed by atoms with Gasteiger partial charge in [-0.1, -0.05) is 136 Å². The molecule has 0 bridgehead atoms. The first-order valence-corrected chi connectivity index (χ1v) is 37.0. The number of hydrogen-bond acceptors (Lipinski definition) is 14. The minimum atomic E-state index is -0.991. The molecule has 0 fully saturated rings. The Morgan fingerprint density at radius 3 is 0.874 bits per heavy atom. The van der Waals surface area contributed by atoms with E-state index < -0.39 is 68.3 Å². The van der Waals surface area contributed by atoms with E-state index >= 15 is 0 Å². The van der Waals surface area contributed by atoms with E-state index in [2.05, 4.69) is 45.8 Å². The number of nitrogens with one attached hydrogen (secondary N) is 7. The highest BCUT2D eigenvalue weighted by Crippen LogP contribution is 2.15. The van der Waals surface area contributed by atoms with Crippen molar-refractivity contribution < 1.29 is 22.0 Å². The van der Waals surface area contributed by atoms with E-state index in [0.717, 1.165) is 55.2 Å². The number of halogens is 8. The predicted molar refractivity (Wildman–Crippen MR) is 444 cm³/mol. The van der Waals surface area contributed by atoms with Crippen LogP contribution in [-0.4, -0.2) is 66.9 Å². The van der Waals surface area contributed by atoms with Crippen LogP contribution in [0.2, 0.25) is 10.0 Å². The van der Waals surface area contributed by atoms with Crippen molar-refractivity contribution in [2.24, 2.45) is 0 Å². The molecule has 0 atom stereocenters. The summed E-state index contributed by atoms with van der Waals surface area (Å²) in [7, 11) is 0. The third kappa shape index (κ3) is 27.9. The van der Waals surface area contributed by atoms with E-state index in [0.29, 0.717) is 80.7 Å². The molecule has 7 aromatic carbocycles. The molecule has 36 heteroatoms. The summed E-state index contributed by atoms with van der Waals surface area (Å²) >= 11 is 15.0. The van der Waals surface area contributed by atoms with Crippen LogP contribution in [0.1, 0.15) is 72.3 Å². The molecular weight excluding hydrogens is 1660 g/mol. The minimum Gasteiger partial charge on any atom is -0.296 e. The van der Waals surface area contributed by atoms with Crippen LogP contribution in [-0.2, 0) is 45.8 Å². The van der Waals surface area contributed by atoms with Crippen LogP contribution in [0.5, 0.6) is 0 Å². The summed E-state index contributed by atoms with van der Waals surface area (Å²) in [6, 6.07) is 46.5. The van der Waals surface area contributed by atoms with Crippen molar-refractivity contribution in [3.05, 3.63) is 475 Å². The number of aryl methyl sites for hydroxylation is 6. The molecular formula is C83H74BrCl2F5N14O14. The second-order valence-corrected chi connectivity index (χ2v) is 28.2. The monoisotopic (exact) mass is 1730 g/mol. The molecule has 0 aliphatic heterocycles. The van der Waals surface area contributed by atoms with Crippen LogP contribution in [0.3, 0.4) is 0 Å². The molecule has 7 N–H and O–H groups in total. The zero-order valence-electron chi connectivity index (χ0n) is 64.0. The largest absolute Gasteiger partial charge is 0.328 e. The maximum atomic E-state index is 13.0. The van der Waals surface area contributed by atoms with E-state index in [1.165, 1.54) is 76.3 Å². The Kier molecular flexibility index (Phi) is 32.4. The van der Waals surface area contributed by atoms with Gasteiger partial charge in [0, 0.05) is 85.1 Å². The molecule has 14 rings (SSSR count). The molecule has 0 spiro atoms. The Morgan fingerprint density at radius 2 is 0.529 bits per heavy atom. The van der Waals surface area contributed by atoms with E-state index in [1.54, 1.807) is 109 Å². The molecule has 7 aromatic heterocycles. The van der Waals surface area contributed by atoms with Gasteiger partial charge in [-0.05, 0) is 153 Å². The lowest BCUT2D eigenvalue weighted by atomic mass is 10.2. The molecule has 0 unspecified atom stereocenters. The number of nitrogens with zero attached hydrogens (tertiary/aromatic N) is 7. The molecule has 0 saturated carbocycles. The van der Waals surface area contributed by atoms with Gasteiger partial charge in [0.1, 0.15) is 11.6 Å². The van der Waals surface area contributed by atoms with Gasteiger partial charge >= 0.3 is 39.8 Å². The van der Waals surface area contributed by atoms with Gasteiger partial charge in [0.25, 0.3) is 38.9 Å². The Hall–Kier alpha value is -14.0.